The van der Waals surface area contributed by atoms with E-state index in [1.807, 2.05) is 0 Å². The van der Waals surface area contributed by atoms with Gasteiger partial charge >= 0.3 is 0 Å². The molecule has 0 radical (unpaired) electrons. The Hall–Kier alpha value is -1.07. The molecule has 1 aliphatic carbocycles. The number of rotatable bonds is 3. The quantitative estimate of drug-likeness (QED) is 0.729. The number of nitrogens with two attached hydrogens (primary N) is 1. The Morgan fingerprint density at radius 1 is 1.41 bits per heavy atom. The third kappa shape index (κ3) is 2.79. The summed E-state index contributed by atoms with van der Waals surface area (Å²) in [7, 11) is 0. The summed E-state index contributed by atoms with van der Waals surface area (Å²) < 4.78 is 0. The Morgan fingerprint density at radius 3 is 2.88 bits per heavy atom. The molecule has 0 unspecified atom stereocenters. The molecule has 1 saturated carbocycles. The van der Waals surface area contributed by atoms with Gasteiger partial charge in [0.15, 0.2) is 0 Å². The third-order valence-corrected chi connectivity index (χ3v) is 3.62. The van der Waals surface area contributed by atoms with Crippen LogP contribution in [-0.4, -0.2) is 48.1 Å². The highest BCUT2D eigenvalue weighted by molar-refractivity contribution is 5.93. The van der Waals surface area contributed by atoms with Crippen LogP contribution in [-0.2, 0) is 0 Å². The van der Waals surface area contributed by atoms with Gasteiger partial charge in [0.05, 0.1) is 0 Å². The number of likely N-dealkylation sites (tertiary alicyclic amines) is 1. The SMILES string of the molecule is N[C@H]1CCN(C2=NCN(NCC3CC3)C=C2)C1. The van der Waals surface area contributed by atoms with Crippen molar-refractivity contribution >= 4 is 5.84 Å². The van der Waals surface area contributed by atoms with Crippen LogP contribution < -0.4 is 11.2 Å². The van der Waals surface area contributed by atoms with Gasteiger partial charge in [-0.25, -0.2) is 10.4 Å². The summed E-state index contributed by atoms with van der Waals surface area (Å²) in [6.45, 7) is 3.78. The molecule has 0 aromatic heterocycles. The lowest BCUT2D eigenvalue weighted by atomic mass is 10.3. The molecule has 0 aromatic carbocycles. The number of hydrogen-bond donors (Lipinski definition) is 2. The van der Waals surface area contributed by atoms with Crippen LogP contribution in [0.2, 0.25) is 0 Å². The van der Waals surface area contributed by atoms with E-state index in [-0.39, 0.29) is 0 Å². The van der Waals surface area contributed by atoms with Gasteiger partial charge in [-0.05, 0) is 31.3 Å². The second kappa shape index (κ2) is 4.66. The second-order valence-corrected chi connectivity index (χ2v) is 5.24. The van der Waals surface area contributed by atoms with E-state index in [1.165, 1.54) is 12.8 Å². The minimum Gasteiger partial charge on any atom is -0.355 e. The van der Waals surface area contributed by atoms with Crippen molar-refractivity contribution in [2.45, 2.75) is 25.3 Å². The molecule has 2 aliphatic heterocycles. The van der Waals surface area contributed by atoms with Gasteiger partial charge in [-0.1, -0.05) is 0 Å². The Labute approximate surface area is 102 Å². The van der Waals surface area contributed by atoms with Crippen molar-refractivity contribution in [3.63, 3.8) is 0 Å². The van der Waals surface area contributed by atoms with Crippen LogP contribution in [0.1, 0.15) is 19.3 Å². The zero-order valence-electron chi connectivity index (χ0n) is 10.2. The van der Waals surface area contributed by atoms with Crippen molar-refractivity contribution in [3.8, 4) is 0 Å². The zero-order chi connectivity index (χ0) is 11.7. The van der Waals surface area contributed by atoms with Crippen LogP contribution in [0.5, 0.6) is 0 Å². The molecule has 5 heteroatoms. The predicted molar refractivity (Wildman–Crippen MR) is 68.2 cm³/mol. The molecule has 2 fully saturated rings. The highest BCUT2D eigenvalue weighted by Crippen LogP contribution is 2.27. The largest absolute Gasteiger partial charge is 0.355 e. The molecule has 1 saturated heterocycles. The van der Waals surface area contributed by atoms with Crippen LogP contribution in [0.3, 0.4) is 0 Å². The third-order valence-electron chi connectivity index (χ3n) is 3.62. The van der Waals surface area contributed by atoms with Gasteiger partial charge in [0.25, 0.3) is 0 Å². The van der Waals surface area contributed by atoms with E-state index in [1.54, 1.807) is 0 Å². The highest BCUT2D eigenvalue weighted by atomic mass is 15.5. The molecule has 17 heavy (non-hydrogen) atoms. The van der Waals surface area contributed by atoms with Crippen LogP contribution in [0, 0.1) is 5.92 Å². The zero-order valence-corrected chi connectivity index (χ0v) is 10.2. The lowest BCUT2D eigenvalue weighted by Gasteiger charge is -2.26. The molecule has 3 N–H and O–H groups in total. The number of nitrogens with one attached hydrogen (secondary N) is 1. The molecule has 0 aromatic rings. The summed E-state index contributed by atoms with van der Waals surface area (Å²) in [5.41, 5.74) is 9.30. The molecule has 3 aliphatic rings. The predicted octanol–water partition coefficient (Wildman–Crippen LogP) is 0.119. The topological polar surface area (TPSA) is 56.9 Å². The summed E-state index contributed by atoms with van der Waals surface area (Å²) in [5, 5.41) is 2.07. The number of hydrogen-bond acceptors (Lipinski definition) is 5. The minimum absolute atomic E-state index is 0.317. The van der Waals surface area contributed by atoms with Crippen molar-refractivity contribution in [1.29, 1.82) is 0 Å². The molecular weight excluding hydrogens is 214 g/mol. The van der Waals surface area contributed by atoms with E-state index in [0.29, 0.717) is 12.7 Å². The first-order valence-electron chi connectivity index (χ1n) is 6.54. The van der Waals surface area contributed by atoms with Crippen molar-refractivity contribution in [3.05, 3.63) is 12.3 Å². The summed E-state index contributed by atoms with van der Waals surface area (Å²) >= 11 is 0. The van der Waals surface area contributed by atoms with E-state index in [4.69, 9.17) is 5.73 Å². The van der Waals surface area contributed by atoms with Gasteiger partial charge in [-0.2, -0.15) is 0 Å². The summed E-state index contributed by atoms with van der Waals surface area (Å²) in [6, 6.07) is 0.317. The fraction of sp³-hybridized carbons (Fsp3) is 0.750. The van der Waals surface area contributed by atoms with Crippen LogP contribution in [0.15, 0.2) is 17.3 Å². The molecular formula is C12H21N5. The van der Waals surface area contributed by atoms with Gasteiger partial charge in [0.1, 0.15) is 12.5 Å². The lowest BCUT2D eigenvalue weighted by molar-refractivity contribution is 0.268. The maximum Gasteiger partial charge on any atom is 0.127 e. The molecule has 5 nitrogen and oxygen atoms in total. The fourth-order valence-corrected chi connectivity index (χ4v) is 2.28. The van der Waals surface area contributed by atoms with E-state index < -0.39 is 0 Å². The first-order valence-corrected chi connectivity index (χ1v) is 6.54. The number of aliphatic imine (C=N–C) groups is 1. The molecule has 94 valence electrons. The minimum atomic E-state index is 0.317. The van der Waals surface area contributed by atoms with Crippen molar-refractivity contribution in [1.82, 2.24) is 15.3 Å². The molecule has 2 heterocycles. The van der Waals surface area contributed by atoms with Gasteiger partial charge in [-0.3, -0.25) is 5.01 Å². The normalized spacial score (nSPS) is 28.8. The number of nitrogens with zero attached hydrogens (tertiary/aromatic N) is 3. The van der Waals surface area contributed by atoms with Crippen LogP contribution >= 0.6 is 0 Å². The first-order chi connectivity index (χ1) is 8.31. The van der Waals surface area contributed by atoms with E-state index >= 15 is 0 Å². The second-order valence-electron chi connectivity index (χ2n) is 5.24. The maximum atomic E-state index is 5.90. The fourth-order valence-electron chi connectivity index (χ4n) is 2.28. The van der Waals surface area contributed by atoms with Crippen LogP contribution in [0.4, 0.5) is 0 Å². The molecule has 0 amide bonds. The average Bonchev–Trinajstić information content (AvgIpc) is 3.09. The van der Waals surface area contributed by atoms with Crippen LogP contribution in [0.25, 0.3) is 0 Å². The standard InChI is InChI=1S/C12H21N5/c13-11-3-5-16(8-11)12-4-6-17(9-14-12)15-7-10-1-2-10/h4,6,10-11,15H,1-3,5,7-9,13H2/t11-/m0/s1. The lowest BCUT2D eigenvalue weighted by Crippen LogP contribution is -2.40. The monoisotopic (exact) mass is 235 g/mol. The molecule has 0 spiro atoms. The number of hydrazine groups is 1. The Bertz CT molecular complexity index is 334. The van der Waals surface area contributed by atoms with Gasteiger partial charge in [0.2, 0.25) is 0 Å². The maximum absolute atomic E-state index is 5.90. The Morgan fingerprint density at radius 2 is 2.29 bits per heavy atom. The van der Waals surface area contributed by atoms with E-state index in [2.05, 4.69) is 32.6 Å². The molecule has 1 atom stereocenters. The van der Waals surface area contributed by atoms with Crippen molar-refractivity contribution < 1.29 is 0 Å². The van der Waals surface area contributed by atoms with E-state index in [0.717, 1.165) is 37.8 Å². The van der Waals surface area contributed by atoms with Crippen molar-refractivity contribution in [2.24, 2.45) is 16.6 Å². The molecule has 0 bridgehead atoms. The van der Waals surface area contributed by atoms with Gasteiger partial charge < -0.3 is 10.6 Å². The van der Waals surface area contributed by atoms with Gasteiger partial charge in [-0.15, -0.1) is 0 Å². The highest BCUT2D eigenvalue weighted by Gasteiger charge is 2.23. The average molecular weight is 235 g/mol. The smallest absolute Gasteiger partial charge is 0.127 e. The summed E-state index contributed by atoms with van der Waals surface area (Å²) in [5.74, 6) is 1.98. The Kier molecular flexibility index (Phi) is 3.03. The summed E-state index contributed by atoms with van der Waals surface area (Å²) in [6.07, 6.45) is 8.02. The Balaban J connectivity index is 1.47. The number of amidine groups is 1. The van der Waals surface area contributed by atoms with Gasteiger partial charge in [0, 0.05) is 31.9 Å². The van der Waals surface area contributed by atoms with Crippen molar-refractivity contribution in [2.75, 3.05) is 26.3 Å². The summed E-state index contributed by atoms with van der Waals surface area (Å²) in [4.78, 5) is 6.87. The van der Waals surface area contributed by atoms with E-state index in [9.17, 15) is 0 Å². The molecule has 3 rings (SSSR count). The first kappa shape index (κ1) is 11.0.